The molecule has 0 spiro atoms. The van der Waals surface area contributed by atoms with Crippen LogP contribution in [0.2, 0.25) is 5.02 Å². The van der Waals surface area contributed by atoms with E-state index < -0.39 is 0 Å². The Labute approximate surface area is 153 Å². The standard InChI is InChI=1S/C21H13BrClN/c22-20-10-9-16(12-21(20)23)24-13-19-17-7-3-1-5-14(17)11-15-6-2-4-8-18(15)19/h1-13H. The molecule has 24 heavy (non-hydrogen) atoms. The van der Waals surface area contributed by atoms with Crippen LogP contribution in [0.5, 0.6) is 0 Å². The highest BCUT2D eigenvalue weighted by atomic mass is 79.9. The lowest BCUT2D eigenvalue weighted by Crippen LogP contribution is -1.88. The smallest absolute Gasteiger partial charge is 0.0645 e. The number of benzene rings is 4. The zero-order chi connectivity index (χ0) is 16.5. The Morgan fingerprint density at radius 2 is 1.42 bits per heavy atom. The molecule has 0 N–H and O–H groups in total. The second-order valence-corrected chi connectivity index (χ2v) is 6.85. The Morgan fingerprint density at radius 1 is 0.792 bits per heavy atom. The van der Waals surface area contributed by atoms with E-state index in [1.807, 2.05) is 24.4 Å². The first-order valence-corrected chi connectivity index (χ1v) is 8.79. The van der Waals surface area contributed by atoms with E-state index in [-0.39, 0.29) is 0 Å². The third kappa shape index (κ3) is 2.83. The van der Waals surface area contributed by atoms with Gasteiger partial charge in [0.05, 0.1) is 10.7 Å². The first-order chi connectivity index (χ1) is 11.7. The highest BCUT2D eigenvalue weighted by molar-refractivity contribution is 9.10. The molecule has 0 amide bonds. The van der Waals surface area contributed by atoms with E-state index >= 15 is 0 Å². The molecule has 4 aromatic carbocycles. The summed E-state index contributed by atoms with van der Waals surface area (Å²) in [6, 6.07) is 24.7. The molecule has 0 radical (unpaired) electrons. The maximum absolute atomic E-state index is 6.16. The molecule has 0 fully saturated rings. The molecule has 4 rings (SSSR count). The minimum atomic E-state index is 0.660. The van der Waals surface area contributed by atoms with Crippen LogP contribution in [0, 0.1) is 0 Å². The van der Waals surface area contributed by atoms with Crippen molar-refractivity contribution >= 4 is 61.0 Å². The topological polar surface area (TPSA) is 12.4 Å². The molecule has 3 heteroatoms. The Balaban J connectivity index is 1.93. The number of nitrogens with zero attached hydrogens (tertiary/aromatic N) is 1. The summed E-state index contributed by atoms with van der Waals surface area (Å²) in [5, 5.41) is 5.48. The minimum Gasteiger partial charge on any atom is -0.256 e. The van der Waals surface area contributed by atoms with Crippen LogP contribution in [0.1, 0.15) is 5.56 Å². The minimum absolute atomic E-state index is 0.660. The molecule has 0 unspecified atom stereocenters. The summed E-state index contributed by atoms with van der Waals surface area (Å²) in [5.74, 6) is 0. The van der Waals surface area contributed by atoms with E-state index in [4.69, 9.17) is 11.6 Å². The van der Waals surface area contributed by atoms with Gasteiger partial charge in [-0.15, -0.1) is 0 Å². The lowest BCUT2D eigenvalue weighted by atomic mass is 9.97. The van der Waals surface area contributed by atoms with E-state index in [9.17, 15) is 0 Å². The van der Waals surface area contributed by atoms with Crippen LogP contribution in [0.25, 0.3) is 21.5 Å². The number of rotatable bonds is 2. The van der Waals surface area contributed by atoms with Crippen LogP contribution in [-0.2, 0) is 0 Å². The van der Waals surface area contributed by atoms with Crippen molar-refractivity contribution in [3.8, 4) is 0 Å². The van der Waals surface area contributed by atoms with Crippen LogP contribution in [0.3, 0.4) is 0 Å². The molecule has 0 aliphatic heterocycles. The molecular formula is C21H13BrClN. The predicted molar refractivity (Wildman–Crippen MR) is 108 cm³/mol. The molecule has 0 bridgehead atoms. The first-order valence-electron chi connectivity index (χ1n) is 7.62. The van der Waals surface area contributed by atoms with Gasteiger partial charge in [0.1, 0.15) is 0 Å². The Kier molecular flexibility index (Phi) is 4.09. The van der Waals surface area contributed by atoms with Gasteiger partial charge < -0.3 is 0 Å². The highest BCUT2D eigenvalue weighted by Crippen LogP contribution is 2.29. The third-order valence-electron chi connectivity index (χ3n) is 4.06. The summed E-state index contributed by atoms with van der Waals surface area (Å²) in [6.07, 6.45) is 1.93. The zero-order valence-electron chi connectivity index (χ0n) is 12.7. The van der Waals surface area contributed by atoms with Gasteiger partial charge >= 0.3 is 0 Å². The molecule has 0 saturated heterocycles. The largest absolute Gasteiger partial charge is 0.256 e. The van der Waals surface area contributed by atoms with Crippen LogP contribution in [0.4, 0.5) is 5.69 Å². The van der Waals surface area contributed by atoms with Gasteiger partial charge in [0, 0.05) is 16.3 Å². The summed E-state index contributed by atoms with van der Waals surface area (Å²) in [4.78, 5) is 4.65. The fourth-order valence-corrected chi connectivity index (χ4v) is 3.31. The SMILES string of the molecule is Clc1cc(N=Cc2c3ccccc3cc3ccccc23)ccc1Br. The first kappa shape index (κ1) is 15.4. The molecule has 0 saturated carbocycles. The van der Waals surface area contributed by atoms with Crippen molar-refractivity contribution in [1.29, 1.82) is 0 Å². The molecule has 0 heterocycles. The molecule has 0 aromatic heterocycles. The van der Waals surface area contributed by atoms with Gasteiger partial charge in [0.15, 0.2) is 0 Å². The van der Waals surface area contributed by atoms with Crippen molar-refractivity contribution in [2.75, 3.05) is 0 Å². The van der Waals surface area contributed by atoms with Gasteiger partial charge in [-0.3, -0.25) is 4.99 Å². The normalized spacial score (nSPS) is 11.6. The molecular weight excluding hydrogens is 382 g/mol. The van der Waals surface area contributed by atoms with E-state index in [0.717, 1.165) is 15.7 Å². The van der Waals surface area contributed by atoms with Crippen molar-refractivity contribution in [3.63, 3.8) is 0 Å². The lowest BCUT2D eigenvalue weighted by molar-refractivity contribution is 1.52. The summed E-state index contributed by atoms with van der Waals surface area (Å²) in [6.45, 7) is 0. The van der Waals surface area contributed by atoms with Gasteiger partial charge in [-0.25, -0.2) is 0 Å². The summed E-state index contributed by atoms with van der Waals surface area (Å²) >= 11 is 9.57. The van der Waals surface area contributed by atoms with E-state index in [1.54, 1.807) is 0 Å². The highest BCUT2D eigenvalue weighted by Gasteiger charge is 2.05. The number of fused-ring (bicyclic) bond motifs is 2. The molecule has 4 aromatic rings. The Morgan fingerprint density at radius 3 is 2.04 bits per heavy atom. The number of halogens is 2. The van der Waals surface area contributed by atoms with Crippen LogP contribution in [-0.4, -0.2) is 6.21 Å². The van der Waals surface area contributed by atoms with Gasteiger partial charge in [0.25, 0.3) is 0 Å². The summed E-state index contributed by atoms with van der Waals surface area (Å²) < 4.78 is 0.874. The van der Waals surface area contributed by atoms with E-state index in [1.165, 1.54) is 21.5 Å². The van der Waals surface area contributed by atoms with Gasteiger partial charge in [-0.05, 0) is 61.7 Å². The lowest BCUT2D eigenvalue weighted by Gasteiger charge is -2.08. The van der Waals surface area contributed by atoms with Crippen molar-refractivity contribution in [2.24, 2.45) is 4.99 Å². The summed E-state index contributed by atoms with van der Waals surface area (Å²) in [7, 11) is 0. The predicted octanol–water partition coefficient (Wildman–Crippen LogP) is 7.16. The van der Waals surface area contributed by atoms with Crippen LogP contribution in [0.15, 0.2) is 82.3 Å². The van der Waals surface area contributed by atoms with E-state index in [2.05, 4.69) is 75.5 Å². The second-order valence-electron chi connectivity index (χ2n) is 5.59. The maximum Gasteiger partial charge on any atom is 0.0645 e. The quantitative estimate of drug-likeness (QED) is 0.253. The van der Waals surface area contributed by atoms with Gasteiger partial charge in [-0.2, -0.15) is 0 Å². The zero-order valence-corrected chi connectivity index (χ0v) is 15.1. The Hall–Kier alpha value is -2.16. The molecule has 116 valence electrons. The molecule has 0 atom stereocenters. The second kappa shape index (κ2) is 6.39. The van der Waals surface area contributed by atoms with Crippen molar-refractivity contribution in [2.45, 2.75) is 0 Å². The third-order valence-corrected chi connectivity index (χ3v) is 5.29. The van der Waals surface area contributed by atoms with Crippen molar-refractivity contribution in [1.82, 2.24) is 0 Å². The molecule has 0 aliphatic rings. The van der Waals surface area contributed by atoms with Crippen molar-refractivity contribution < 1.29 is 0 Å². The number of aliphatic imine (C=N–C) groups is 1. The maximum atomic E-state index is 6.16. The fraction of sp³-hybridized carbons (Fsp3) is 0. The summed E-state index contributed by atoms with van der Waals surface area (Å²) in [5.41, 5.74) is 1.96. The van der Waals surface area contributed by atoms with Gasteiger partial charge in [0.2, 0.25) is 0 Å². The fourth-order valence-electron chi connectivity index (χ4n) is 2.89. The Bertz CT molecular complexity index is 1030. The van der Waals surface area contributed by atoms with Crippen molar-refractivity contribution in [3.05, 3.63) is 87.9 Å². The van der Waals surface area contributed by atoms with Crippen LogP contribution >= 0.6 is 27.5 Å². The molecule has 1 nitrogen and oxygen atoms in total. The number of hydrogen-bond donors (Lipinski definition) is 0. The van der Waals surface area contributed by atoms with Crippen LogP contribution < -0.4 is 0 Å². The average molecular weight is 395 g/mol. The van der Waals surface area contributed by atoms with E-state index in [0.29, 0.717) is 5.02 Å². The average Bonchev–Trinajstić information content (AvgIpc) is 2.61. The van der Waals surface area contributed by atoms with Gasteiger partial charge in [-0.1, -0.05) is 60.1 Å². The monoisotopic (exact) mass is 393 g/mol. The molecule has 0 aliphatic carbocycles. The number of hydrogen-bond acceptors (Lipinski definition) is 1.